The molecule has 0 aliphatic heterocycles. The number of carbonyl (C=O) groups is 1. The third kappa shape index (κ3) is 7.49. The molecule has 0 radical (unpaired) electrons. The van der Waals surface area contributed by atoms with Gasteiger partial charge in [0.1, 0.15) is 5.56 Å². The number of fused-ring (bicyclic) bond motifs is 1. The maximum atomic E-state index is 12.9. The van der Waals surface area contributed by atoms with Crippen molar-refractivity contribution in [3.8, 4) is 5.88 Å². The van der Waals surface area contributed by atoms with E-state index in [2.05, 4.69) is 32.3 Å². The number of aromatic hydroxyl groups is 1. The second kappa shape index (κ2) is 14.6. The maximum absolute atomic E-state index is 12.9. The Morgan fingerprint density at radius 1 is 0.979 bits per heavy atom. The fourth-order valence-electron chi connectivity index (χ4n) is 5.54. The molecule has 3 aromatic carbocycles. The van der Waals surface area contributed by atoms with E-state index in [4.69, 9.17) is 4.99 Å². The average Bonchev–Trinajstić information content (AvgIpc) is 3.42. The molecule has 0 aliphatic rings. The zero-order valence-electron chi connectivity index (χ0n) is 26.8. The summed E-state index contributed by atoms with van der Waals surface area (Å²) in [5.74, 6) is -0.415. The van der Waals surface area contributed by atoms with Crippen LogP contribution in [0.3, 0.4) is 0 Å². The molecule has 0 saturated carbocycles. The van der Waals surface area contributed by atoms with Crippen LogP contribution in [0.25, 0.3) is 17.0 Å². The number of aromatic nitrogens is 3. The van der Waals surface area contributed by atoms with Crippen molar-refractivity contribution in [3.63, 3.8) is 0 Å². The summed E-state index contributed by atoms with van der Waals surface area (Å²) in [6.45, 7) is 1.39. The van der Waals surface area contributed by atoms with Gasteiger partial charge in [-0.25, -0.2) is 4.99 Å². The zero-order chi connectivity index (χ0) is 33.5. The summed E-state index contributed by atoms with van der Waals surface area (Å²) in [7, 11) is 4.07. The number of aliphatic imine (C=N–C) groups is 1. The molecule has 0 unspecified atom stereocenters. The van der Waals surface area contributed by atoms with Crippen LogP contribution in [-0.2, 0) is 13.1 Å². The van der Waals surface area contributed by atoms with Gasteiger partial charge in [-0.3, -0.25) is 14.6 Å². The number of hydrogen-bond acceptors (Lipinski definition) is 6. The summed E-state index contributed by atoms with van der Waals surface area (Å²) in [5.41, 5.74) is 6.34. The maximum Gasteiger partial charge on any atom is 0.263 e. The number of hydrogen-bond donors (Lipinski definition) is 3. The second-order valence-corrected chi connectivity index (χ2v) is 11.7. The molecule has 48 heavy (non-hydrogen) atoms. The van der Waals surface area contributed by atoms with Crippen molar-refractivity contribution in [1.82, 2.24) is 24.8 Å². The van der Waals surface area contributed by atoms with Gasteiger partial charge in [0.2, 0.25) is 0 Å². The van der Waals surface area contributed by atoms with Gasteiger partial charge in [0.15, 0.2) is 5.88 Å². The Balaban J connectivity index is 1.19. The number of amides is 1. The first-order valence-corrected chi connectivity index (χ1v) is 15.6. The zero-order valence-corrected chi connectivity index (χ0v) is 26.8. The molecule has 3 heterocycles. The number of nitrogens with one attached hydrogen (secondary N) is 2. The topological polar surface area (TPSA) is 116 Å². The van der Waals surface area contributed by atoms with E-state index in [0.717, 1.165) is 39.8 Å². The molecule has 6 rings (SSSR count). The lowest BCUT2D eigenvalue weighted by Crippen LogP contribution is -2.33. The summed E-state index contributed by atoms with van der Waals surface area (Å²) in [6, 6.07) is 30.7. The van der Waals surface area contributed by atoms with Crippen molar-refractivity contribution in [2.75, 3.05) is 20.6 Å². The van der Waals surface area contributed by atoms with Crippen molar-refractivity contribution in [2.45, 2.75) is 13.1 Å². The largest absolute Gasteiger partial charge is 0.494 e. The van der Waals surface area contributed by atoms with E-state index in [-0.39, 0.29) is 23.5 Å². The van der Waals surface area contributed by atoms with Gasteiger partial charge < -0.3 is 24.9 Å². The fourth-order valence-corrected chi connectivity index (χ4v) is 5.54. The Bertz CT molecular complexity index is 2150. The van der Waals surface area contributed by atoms with Crippen LogP contribution in [0.1, 0.15) is 38.2 Å². The van der Waals surface area contributed by atoms with Crippen LogP contribution in [0, 0.1) is 0 Å². The molecule has 0 fully saturated rings. The predicted molar refractivity (Wildman–Crippen MR) is 191 cm³/mol. The molecular weight excluding hydrogens is 600 g/mol. The highest BCUT2D eigenvalue weighted by Crippen LogP contribution is 2.32. The van der Waals surface area contributed by atoms with Crippen LogP contribution in [0.5, 0.6) is 5.88 Å². The Kier molecular flexibility index (Phi) is 9.69. The van der Waals surface area contributed by atoms with Gasteiger partial charge in [-0.1, -0.05) is 72.8 Å². The van der Waals surface area contributed by atoms with E-state index in [1.54, 1.807) is 24.7 Å². The minimum absolute atomic E-state index is 0.0299. The number of rotatable bonds is 11. The summed E-state index contributed by atoms with van der Waals surface area (Å²) >= 11 is 0. The Morgan fingerprint density at radius 2 is 1.79 bits per heavy atom. The van der Waals surface area contributed by atoms with Crippen LogP contribution in [0.15, 0.2) is 132 Å². The SMILES string of the molecule is CN(C)Cc1ccc(N=C(c2ccccc2)c2c(O)[nH]c3cc(/C=C/CNC(=O)c4cccn(Cc5cccnc5)c4=O)ccc23)cc1. The first-order chi connectivity index (χ1) is 23.4. The minimum atomic E-state index is -0.445. The number of carbonyl (C=O) groups excluding carboxylic acids is 1. The van der Waals surface area contributed by atoms with Crippen molar-refractivity contribution >= 4 is 34.3 Å². The van der Waals surface area contributed by atoms with Gasteiger partial charge in [-0.05, 0) is 67.2 Å². The van der Waals surface area contributed by atoms with E-state index >= 15 is 0 Å². The number of benzene rings is 3. The minimum Gasteiger partial charge on any atom is -0.494 e. The lowest BCUT2D eigenvalue weighted by molar-refractivity contribution is 0.0956. The standard InChI is InChI=1S/C39H36N6O3/c1-44(2)25-28-14-17-31(18-15-28)42-36(30-11-4-3-5-12-30)35-32-19-16-27(23-34(32)43-38(35)47)9-7-21-41-37(46)33-13-8-22-45(39(33)48)26-29-10-6-20-40-24-29/h3-20,22-24,43,47H,21,25-26H2,1-2H3,(H,41,46)/b9-7+,42-36?. The van der Waals surface area contributed by atoms with Gasteiger partial charge in [0.05, 0.1) is 23.5 Å². The first-order valence-electron chi connectivity index (χ1n) is 15.6. The summed E-state index contributed by atoms with van der Waals surface area (Å²) in [6.07, 6.45) is 8.72. The number of pyridine rings is 2. The smallest absolute Gasteiger partial charge is 0.263 e. The Hall–Kier alpha value is -6.06. The fraction of sp³-hybridized carbons (Fsp3) is 0.128. The van der Waals surface area contributed by atoms with Crippen LogP contribution in [0.2, 0.25) is 0 Å². The van der Waals surface area contributed by atoms with Gasteiger partial charge in [-0.15, -0.1) is 0 Å². The van der Waals surface area contributed by atoms with Gasteiger partial charge >= 0.3 is 0 Å². The lowest BCUT2D eigenvalue weighted by atomic mass is 10.00. The average molecular weight is 637 g/mol. The molecule has 0 saturated heterocycles. The molecular formula is C39H36N6O3. The molecule has 9 heteroatoms. The van der Waals surface area contributed by atoms with Crippen LogP contribution in [0.4, 0.5) is 5.69 Å². The van der Waals surface area contributed by atoms with Crippen LogP contribution in [-0.4, -0.2) is 56.8 Å². The monoisotopic (exact) mass is 636 g/mol. The van der Waals surface area contributed by atoms with Gasteiger partial charge in [-0.2, -0.15) is 0 Å². The second-order valence-electron chi connectivity index (χ2n) is 11.7. The van der Waals surface area contributed by atoms with Crippen LogP contribution >= 0.6 is 0 Å². The Labute approximate surface area is 278 Å². The van der Waals surface area contributed by atoms with Crippen molar-refractivity contribution in [2.24, 2.45) is 4.99 Å². The molecule has 0 bridgehead atoms. The third-order valence-electron chi connectivity index (χ3n) is 7.79. The highest BCUT2D eigenvalue weighted by molar-refractivity contribution is 6.22. The Morgan fingerprint density at radius 3 is 2.54 bits per heavy atom. The van der Waals surface area contributed by atoms with Crippen LogP contribution < -0.4 is 10.9 Å². The molecule has 240 valence electrons. The number of nitrogens with zero attached hydrogens (tertiary/aromatic N) is 4. The van der Waals surface area contributed by atoms with E-state index < -0.39 is 5.91 Å². The van der Waals surface area contributed by atoms with E-state index in [1.807, 2.05) is 99.0 Å². The van der Waals surface area contributed by atoms with Crippen molar-refractivity contribution in [1.29, 1.82) is 0 Å². The van der Waals surface area contributed by atoms with Gasteiger partial charge in [0, 0.05) is 48.1 Å². The molecule has 0 aliphatic carbocycles. The predicted octanol–water partition coefficient (Wildman–Crippen LogP) is 6.15. The number of aromatic amines is 1. The molecule has 9 nitrogen and oxygen atoms in total. The van der Waals surface area contributed by atoms with Crippen molar-refractivity contribution in [3.05, 3.63) is 165 Å². The molecule has 3 aromatic heterocycles. The van der Waals surface area contributed by atoms with E-state index in [9.17, 15) is 14.7 Å². The van der Waals surface area contributed by atoms with Crippen molar-refractivity contribution < 1.29 is 9.90 Å². The van der Waals surface area contributed by atoms with Gasteiger partial charge in [0.25, 0.3) is 11.5 Å². The lowest BCUT2D eigenvalue weighted by Gasteiger charge is -2.10. The highest BCUT2D eigenvalue weighted by Gasteiger charge is 2.19. The summed E-state index contributed by atoms with van der Waals surface area (Å²) in [5, 5.41) is 14.8. The first kappa shape index (κ1) is 31.9. The molecule has 0 spiro atoms. The summed E-state index contributed by atoms with van der Waals surface area (Å²) in [4.78, 5) is 40.1. The molecule has 6 aromatic rings. The molecule has 3 N–H and O–H groups in total. The van der Waals surface area contributed by atoms with E-state index in [0.29, 0.717) is 17.8 Å². The quantitative estimate of drug-likeness (QED) is 0.148. The molecule has 1 amide bonds. The molecule has 0 atom stereocenters. The number of H-pyrrole nitrogens is 1. The highest BCUT2D eigenvalue weighted by atomic mass is 16.3. The third-order valence-corrected chi connectivity index (χ3v) is 7.79. The normalized spacial score (nSPS) is 11.9. The summed E-state index contributed by atoms with van der Waals surface area (Å²) < 4.78 is 1.49. The van der Waals surface area contributed by atoms with E-state index in [1.165, 1.54) is 16.2 Å².